The maximum Gasteiger partial charge on any atom is 0.339 e. The number of benzene rings is 2. The van der Waals surface area contributed by atoms with Gasteiger partial charge in [-0.05, 0) is 53.8 Å². The lowest BCUT2D eigenvalue weighted by Crippen LogP contribution is -2.41. The molecule has 2 aromatic carbocycles. The van der Waals surface area contributed by atoms with Gasteiger partial charge in [0, 0.05) is 11.9 Å². The first-order chi connectivity index (χ1) is 16.5. The van der Waals surface area contributed by atoms with E-state index in [0.29, 0.717) is 35.0 Å². The third-order valence-corrected chi connectivity index (χ3v) is 5.37. The van der Waals surface area contributed by atoms with Crippen molar-refractivity contribution in [2.45, 2.75) is 12.8 Å². The van der Waals surface area contributed by atoms with E-state index in [1.54, 1.807) is 30.3 Å². The van der Waals surface area contributed by atoms with Crippen LogP contribution in [0.15, 0.2) is 61.2 Å². The number of para-hydroxylation sites is 1. The number of ether oxygens (including phenoxy) is 1. The van der Waals surface area contributed by atoms with E-state index in [-0.39, 0.29) is 12.3 Å². The minimum atomic E-state index is -0.738. The number of aromatic hydroxyl groups is 1. The number of hydrogen-bond donors (Lipinski definition) is 3. The summed E-state index contributed by atoms with van der Waals surface area (Å²) in [7, 11) is 0. The van der Waals surface area contributed by atoms with Crippen molar-refractivity contribution >= 4 is 40.5 Å². The fourth-order valence-corrected chi connectivity index (χ4v) is 3.86. The Bertz CT molecular complexity index is 1310. The van der Waals surface area contributed by atoms with Gasteiger partial charge in [-0.3, -0.25) is 10.1 Å². The number of esters is 1. The van der Waals surface area contributed by atoms with Gasteiger partial charge >= 0.3 is 12.0 Å². The van der Waals surface area contributed by atoms with Gasteiger partial charge in [-0.1, -0.05) is 36.4 Å². The highest BCUT2D eigenvalue weighted by molar-refractivity contribution is 6.08. The van der Waals surface area contributed by atoms with Crippen molar-refractivity contribution in [2.75, 3.05) is 13.2 Å². The number of pyridine rings is 1. The van der Waals surface area contributed by atoms with Crippen LogP contribution >= 0.6 is 0 Å². The second-order valence-corrected chi connectivity index (χ2v) is 7.72. The Hall–Kier alpha value is -4.46. The normalized spacial score (nSPS) is 13.4. The van der Waals surface area contributed by atoms with Gasteiger partial charge in [-0.2, -0.15) is 0 Å². The Morgan fingerprint density at radius 1 is 1.09 bits per heavy atom. The zero-order chi connectivity index (χ0) is 24.1. The lowest BCUT2D eigenvalue weighted by atomic mass is 10.0. The summed E-state index contributed by atoms with van der Waals surface area (Å²) in [5.41, 5.74) is 4.37. The second-order valence-electron chi connectivity index (χ2n) is 7.72. The third-order valence-electron chi connectivity index (χ3n) is 5.37. The Morgan fingerprint density at radius 3 is 2.62 bits per heavy atom. The Labute approximate surface area is 196 Å². The predicted octanol–water partition coefficient (Wildman–Crippen LogP) is 3.60. The van der Waals surface area contributed by atoms with Gasteiger partial charge in [0.2, 0.25) is 0 Å². The number of imide groups is 1. The van der Waals surface area contributed by atoms with E-state index in [2.05, 4.69) is 17.2 Å². The molecule has 0 radical (unpaired) electrons. The van der Waals surface area contributed by atoms with Gasteiger partial charge in [0.05, 0.1) is 16.8 Å². The van der Waals surface area contributed by atoms with Gasteiger partial charge in [-0.25, -0.2) is 14.6 Å². The highest BCUT2D eigenvalue weighted by Crippen LogP contribution is 2.37. The Morgan fingerprint density at radius 2 is 1.85 bits per heavy atom. The van der Waals surface area contributed by atoms with E-state index < -0.39 is 24.5 Å². The average molecular weight is 457 g/mol. The molecule has 3 amide bonds. The third kappa shape index (κ3) is 4.96. The number of nitrogens with zero attached hydrogens (tertiary/aromatic N) is 1. The maximum atomic E-state index is 13.1. The molecule has 3 aromatic rings. The first-order valence-electron chi connectivity index (χ1n) is 10.7. The van der Waals surface area contributed by atoms with Crippen LogP contribution in [0.25, 0.3) is 22.6 Å². The van der Waals surface area contributed by atoms with E-state index in [1.165, 1.54) is 6.08 Å². The van der Waals surface area contributed by atoms with Crippen molar-refractivity contribution in [3.8, 4) is 5.75 Å². The molecule has 0 atom stereocenters. The van der Waals surface area contributed by atoms with Gasteiger partial charge in [-0.15, -0.1) is 6.58 Å². The number of aromatic nitrogens is 1. The van der Waals surface area contributed by atoms with Crippen LogP contribution in [0.1, 0.15) is 33.6 Å². The van der Waals surface area contributed by atoms with Crippen LogP contribution in [0.5, 0.6) is 5.75 Å². The highest BCUT2D eigenvalue weighted by atomic mass is 16.5. The number of carbonyl (C=O) groups excluding carboxylic acids is 3. The second kappa shape index (κ2) is 9.99. The molecule has 1 heterocycles. The summed E-state index contributed by atoms with van der Waals surface area (Å²) in [5.74, 6) is -1.20. The summed E-state index contributed by atoms with van der Waals surface area (Å²) in [4.78, 5) is 41.5. The minimum Gasteiger partial charge on any atom is -0.508 e. The molecule has 3 N–H and O–H groups in total. The number of nitrogens with one attached hydrogen (secondary N) is 2. The number of phenolic OH excluding ortho intramolecular Hbond substituents is 1. The van der Waals surface area contributed by atoms with Crippen molar-refractivity contribution in [1.29, 1.82) is 0 Å². The van der Waals surface area contributed by atoms with Crippen LogP contribution in [0.4, 0.5) is 4.79 Å². The molecule has 0 spiro atoms. The number of rotatable bonds is 6. The predicted molar refractivity (Wildman–Crippen MR) is 128 cm³/mol. The summed E-state index contributed by atoms with van der Waals surface area (Å²) < 4.78 is 5.27. The van der Waals surface area contributed by atoms with Crippen molar-refractivity contribution in [3.05, 3.63) is 83.6 Å². The first-order valence-corrected chi connectivity index (χ1v) is 10.7. The van der Waals surface area contributed by atoms with Crippen molar-refractivity contribution < 1.29 is 24.2 Å². The van der Waals surface area contributed by atoms with Crippen LogP contribution in [0, 0.1) is 0 Å². The molecule has 1 aromatic heterocycles. The lowest BCUT2D eigenvalue weighted by Gasteiger charge is -2.12. The fourth-order valence-electron chi connectivity index (χ4n) is 3.86. The zero-order valence-electron chi connectivity index (χ0n) is 18.3. The number of hydrogen-bond acceptors (Lipinski definition) is 6. The average Bonchev–Trinajstić information content (AvgIpc) is 3.23. The molecule has 0 fully saturated rings. The number of allylic oxidation sites excluding steroid dienone is 1. The van der Waals surface area contributed by atoms with E-state index in [9.17, 15) is 19.5 Å². The molecule has 0 unspecified atom stereocenters. The Kier molecular flexibility index (Phi) is 6.68. The van der Waals surface area contributed by atoms with Crippen LogP contribution in [0.2, 0.25) is 0 Å². The van der Waals surface area contributed by atoms with E-state index in [4.69, 9.17) is 9.72 Å². The lowest BCUT2D eigenvalue weighted by molar-refractivity contribution is -0.123. The van der Waals surface area contributed by atoms with Gasteiger partial charge in [0.15, 0.2) is 6.61 Å². The summed E-state index contributed by atoms with van der Waals surface area (Å²) >= 11 is 0. The van der Waals surface area contributed by atoms with Crippen LogP contribution < -0.4 is 10.6 Å². The van der Waals surface area contributed by atoms with Crippen molar-refractivity contribution in [1.82, 2.24) is 15.6 Å². The molecule has 4 rings (SSSR count). The minimum absolute atomic E-state index is 0.186. The highest BCUT2D eigenvalue weighted by Gasteiger charge is 2.28. The number of amides is 3. The molecule has 0 aliphatic heterocycles. The summed E-state index contributed by atoms with van der Waals surface area (Å²) in [6.07, 6.45) is 4.74. The molecule has 1 aliphatic rings. The maximum absolute atomic E-state index is 13.1. The van der Waals surface area contributed by atoms with Crippen molar-refractivity contribution in [3.63, 3.8) is 0 Å². The van der Waals surface area contributed by atoms with Gasteiger partial charge < -0.3 is 15.2 Å². The largest absolute Gasteiger partial charge is 0.508 e. The van der Waals surface area contributed by atoms with Crippen LogP contribution in [-0.2, 0) is 16.0 Å². The number of phenols is 1. The molecular weight excluding hydrogens is 434 g/mol. The number of fused-ring (bicyclic) bond motifs is 2. The molecular formula is C26H23N3O5. The zero-order valence-corrected chi connectivity index (χ0v) is 18.3. The van der Waals surface area contributed by atoms with Gasteiger partial charge in [0.25, 0.3) is 5.91 Å². The van der Waals surface area contributed by atoms with Crippen LogP contribution in [0.3, 0.4) is 0 Å². The monoisotopic (exact) mass is 457 g/mol. The smallest absolute Gasteiger partial charge is 0.339 e. The molecule has 8 nitrogen and oxygen atoms in total. The first kappa shape index (κ1) is 22.7. The molecule has 34 heavy (non-hydrogen) atoms. The quantitative estimate of drug-likeness (QED) is 0.385. The molecule has 1 aliphatic carbocycles. The van der Waals surface area contributed by atoms with Crippen LogP contribution in [-0.4, -0.2) is 41.1 Å². The van der Waals surface area contributed by atoms with Gasteiger partial charge in [0.1, 0.15) is 5.75 Å². The summed E-state index contributed by atoms with van der Waals surface area (Å²) in [6.45, 7) is 3.08. The van der Waals surface area contributed by atoms with E-state index in [1.807, 2.05) is 24.3 Å². The molecule has 8 heteroatoms. The fraction of sp³-hybridized carbons (Fsp3) is 0.154. The number of urea groups is 1. The molecule has 0 saturated carbocycles. The van der Waals surface area contributed by atoms with E-state index in [0.717, 1.165) is 16.7 Å². The van der Waals surface area contributed by atoms with Crippen molar-refractivity contribution in [2.24, 2.45) is 0 Å². The standard InChI is InChI=1S/C26H23N3O5/c1-2-13-27-26(33)29-22(31)15-34-25(32)23-19-5-3-4-6-21(19)28-24-17(9-12-20(23)24)14-16-7-10-18(30)11-8-16/h2-8,10-11,14,30H,1,9,12-13,15H2,(H2,27,29,31,33)/b17-14+. The summed E-state index contributed by atoms with van der Waals surface area (Å²) in [6, 6.07) is 13.4. The SMILES string of the molecule is C=CCNC(=O)NC(=O)COC(=O)c1c2c(nc3ccccc13)/C(=C/c1ccc(O)cc1)CC2. The van der Waals surface area contributed by atoms with E-state index >= 15 is 0 Å². The molecule has 172 valence electrons. The topological polar surface area (TPSA) is 118 Å². The molecule has 0 saturated heterocycles. The number of carbonyl (C=O) groups is 3. The molecule has 0 bridgehead atoms. The Balaban J connectivity index is 1.61. The summed E-state index contributed by atoms with van der Waals surface area (Å²) in [5, 5.41) is 14.7.